The summed E-state index contributed by atoms with van der Waals surface area (Å²) < 4.78 is 41.8. The van der Waals surface area contributed by atoms with E-state index >= 15 is 0 Å². The van der Waals surface area contributed by atoms with Gasteiger partial charge >= 0.3 is 18.1 Å². The smallest absolute Gasteiger partial charge is 0.471 e. The number of rotatable bonds is 4. The molecule has 0 bridgehead atoms. The summed E-state index contributed by atoms with van der Waals surface area (Å²) >= 11 is 0. The van der Waals surface area contributed by atoms with Gasteiger partial charge in [0.05, 0.1) is 12.7 Å². The number of halogens is 3. The number of hydrogen-bond donors (Lipinski definition) is 1. The van der Waals surface area contributed by atoms with E-state index in [0.717, 1.165) is 0 Å². The molecule has 0 aliphatic carbocycles. The highest BCUT2D eigenvalue weighted by atomic mass is 19.4. The Kier molecular flexibility index (Phi) is 4.94. The summed E-state index contributed by atoms with van der Waals surface area (Å²) in [6, 6.07) is 0. The van der Waals surface area contributed by atoms with Gasteiger partial charge in [-0.05, 0) is 12.8 Å². The molecule has 5 nitrogen and oxygen atoms in total. The lowest BCUT2D eigenvalue weighted by Gasteiger charge is -2.33. The quantitative estimate of drug-likeness (QED) is 0.827. The molecule has 1 amide bonds. The third-order valence-corrected chi connectivity index (χ3v) is 2.59. The fourth-order valence-corrected chi connectivity index (χ4v) is 1.74. The SMILES string of the molecule is O=C(O)CCCC1CN(C(=O)C(F)(F)F)CCO1. The van der Waals surface area contributed by atoms with Crippen molar-refractivity contribution >= 4 is 11.9 Å². The van der Waals surface area contributed by atoms with Gasteiger partial charge in [-0.15, -0.1) is 0 Å². The first kappa shape index (κ1) is 14.7. The molecule has 104 valence electrons. The third-order valence-electron chi connectivity index (χ3n) is 2.59. The lowest BCUT2D eigenvalue weighted by atomic mass is 10.1. The highest BCUT2D eigenvalue weighted by Gasteiger charge is 2.43. The first-order valence-corrected chi connectivity index (χ1v) is 5.50. The maximum atomic E-state index is 12.2. The monoisotopic (exact) mass is 269 g/mol. The first-order valence-electron chi connectivity index (χ1n) is 5.50. The Morgan fingerprint density at radius 1 is 1.39 bits per heavy atom. The van der Waals surface area contributed by atoms with Gasteiger partial charge in [0.15, 0.2) is 0 Å². The number of nitrogens with zero attached hydrogens (tertiary/aromatic N) is 1. The molecule has 1 atom stereocenters. The molecule has 1 N–H and O–H groups in total. The van der Waals surface area contributed by atoms with Crippen LogP contribution in [0.25, 0.3) is 0 Å². The van der Waals surface area contributed by atoms with Gasteiger partial charge in [0.25, 0.3) is 0 Å². The van der Waals surface area contributed by atoms with Crippen molar-refractivity contribution in [2.45, 2.75) is 31.5 Å². The molecular weight excluding hydrogens is 255 g/mol. The molecular formula is C10H14F3NO4. The second kappa shape index (κ2) is 6.03. The van der Waals surface area contributed by atoms with Gasteiger partial charge in [-0.2, -0.15) is 13.2 Å². The van der Waals surface area contributed by atoms with Crippen molar-refractivity contribution in [3.8, 4) is 0 Å². The number of hydrogen-bond acceptors (Lipinski definition) is 3. The number of carbonyl (C=O) groups is 2. The molecule has 1 aliphatic heterocycles. The number of carbonyl (C=O) groups excluding carboxylic acids is 1. The molecule has 1 saturated heterocycles. The molecule has 1 unspecified atom stereocenters. The fourth-order valence-electron chi connectivity index (χ4n) is 1.74. The second-order valence-electron chi connectivity index (χ2n) is 4.03. The number of morpholine rings is 1. The molecule has 18 heavy (non-hydrogen) atoms. The van der Waals surface area contributed by atoms with Crippen LogP contribution in [-0.2, 0) is 14.3 Å². The highest BCUT2D eigenvalue weighted by molar-refractivity contribution is 5.81. The van der Waals surface area contributed by atoms with Crippen LogP contribution >= 0.6 is 0 Å². The zero-order valence-electron chi connectivity index (χ0n) is 9.57. The Balaban J connectivity index is 2.41. The standard InChI is InChI=1S/C10H14F3NO4/c11-10(12,13)9(17)14-4-5-18-7(6-14)2-1-3-8(15)16/h7H,1-6H2,(H,15,16). The largest absolute Gasteiger partial charge is 0.481 e. The molecule has 1 aliphatic rings. The van der Waals surface area contributed by atoms with E-state index in [1.54, 1.807) is 0 Å². The van der Waals surface area contributed by atoms with Crippen molar-refractivity contribution in [1.82, 2.24) is 4.90 Å². The maximum Gasteiger partial charge on any atom is 0.471 e. The molecule has 0 radical (unpaired) electrons. The van der Waals surface area contributed by atoms with E-state index < -0.39 is 24.2 Å². The Labute approximate surface area is 102 Å². The maximum absolute atomic E-state index is 12.2. The minimum Gasteiger partial charge on any atom is -0.481 e. The van der Waals surface area contributed by atoms with Crippen LogP contribution in [0.15, 0.2) is 0 Å². The minimum atomic E-state index is -4.87. The zero-order valence-corrected chi connectivity index (χ0v) is 9.57. The third kappa shape index (κ3) is 4.52. The summed E-state index contributed by atoms with van der Waals surface area (Å²) in [5.74, 6) is -2.83. The predicted octanol–water partition coefficient (Wildman–Crippen LogP) is 1.03. The number of carboxylic acid groups (broad SMARTS) is 1. The van der Waals surface area contributed by atoms with Crippen molar-refractivity contribution in [1.29, 1.82) is 0 Å². The lowest BCUT2D eigenvalue weighted by Crippen LogP contribution is -2.50. The molecule has 0 aromatic carbocycles. The van der Waals surface area contributed by atoms with Crippen LogP contribution in [0.3, 0.4) is 0 Å². The molecule has 0 spiro atoms. The predicted molar refractivity (Wildman–Crippen MR) is 53.9 cm³/mol. The van der Waals surface area contributed by atoms with E-state index in [-0.39, 0.29) is 26.1 Å². The van der Waals surface area contributed by atoms with Crippen molar-refractivity contribution in [3.63, 3.8) is 0 Å². The normalized spacial score (nSPS) is 20.8. The lowest BCUT2D eigenvalue weighted by molar-refractivity contribution is -0.191. The van der Waals surface area contributed by atoms with Gasteiger partial charge in [-0.1, -0.05) is 0 Å². The molecule has 0 saturated carbocycles. The minimum absolute atomic E-state index is 0.0412. The molecule has 0 aromatic rings. The van der Waals surface area contributed by atoms with Crippen molar-refractivity contribution in [2.75, 3.05) is 19.7 Å². The Bertz CT molecular complexity index is 319. The number of amides is 1. The van der Waals surface area contributed by atoms with E-state index in [4.69, 9.17) is 9.84 Å². The van der Waals surface area contributed by atoms with Crippen molar-refractivity contribution in [2.24, 2.45) is 0 Å². The number of carboxylic acids is 1. The van der Waals surface area contributed by atoms with Crippen LogP contribution in [-0.4, -0.2) is 53.9 Å². The highest BCUT2D eigenvalue weighted by Crippen LogP contribution is 2.21. The van der Waals surface area contributed by atoms with Crippen LogP contribution in [0, 0.1) is 0 Å². The van der Waals surface area contributed by atoms with Gasteiger partial charge < -0.3 is 14.7 Å². The van der Waals surface area contributed by atoms with Crippen molar-refractivity contribution < 1.29 is 32.6 Å². The van der Waals surface area contributed by atoms with Crippen LogP contribution in [0.5, 0.6) is 0 Å². The van der Waals surface area contributed by atoms with Gasteiger partial charge in [-0.3, -0.25) is 9.59 Å². The van der Waals surface area contributed by atoms with Gasteiger partial charge in [0, 0.05) is 19.5 Å². The molecule has 1 heterocycles. The second-order valence-corrected chi connectivity index (χ2v) is 4.03. The molecule has 0 aromatic heterocycles. The Hall–Kier alpha value is -1.31. The topological polar surface area (TPSA) is 66.8 Å². The van der Waals surface area contributed by atoms with Crippen molar-refractivity contribution in [3.05, 3.63) is 0 Å². The van der Waals surface area contributed by atoms with Crippen LogP contribution < -0.4 is 0 Å². The number of alkyl halides is 3. The van der Waals surface area contributed by atoms with E-state index in [2.05, 4.69) is 0 Å². The van der Waals surface area contributed by atoms with E-state index in [1.165, 1.54) is 0 Å². The fraction of sp³-hybridized carbons (Fsp3) is 0.800. The average molecular weight is 269 g/mol. The summed E-state index contributed by atoms with van der Waals surface area (Å²) in [6.45, 7) is -0.189. The Morgan fingerprint density at radius 3 is 2.61 bits per heavy atom. The van der Waals surface area contributed by atoms with E-state index in [0.29, 0.717) is 17.7 Å². The average Bonchev–Trinajstić information content (AvgIpc) is 2.26. The zero-order chi connectivity index (χ0) is 13.8. The number of aliphatic carboxylic acids is 1. The van der Waals surface area contributed by atoms with Gasteiger partial charge in [-0.25, -0.2) is 0 Å². The van der Waals surface area contributed by atoms with Crippen LogP contribution in [0.1, 0.15) is 19.3 Å². The Morgan fingerprint density at radius 2 is 2.06 bits per heavy atom. The number of ether oxygens (including phenoxy) is 1. The summed E-state index contributed by atoms with van der Waals surface area (Å²) in [6.07, 6.45) is -4.82. The molecule has 8 heteroatoms. The summed E-state index contributed by atoms with van der Waals surface area (Å²) in [5.41, 5.74) is 0. The summed E-state index contributed by atoms with van der Waals surface area (Å²) in [7, 11) is 0. The van der Waals surface area contributed by atoms with Gasteiger partial charge in [0.2, 0.25) is 0 Å². The van der Waals surface area contributed by atoms with E-state index in [1.807, 2.05) is 0 Å². The van der Waals surface area contributed by atoms with Crippen LogP contribution in [0.4, 0.5) is 13.2 Å². The first-order chi connectivity index (χ1) is 8.30. The molecule has 1 fully saturated rings. The van der Waals surface area contributed by atoms with E-state index in [9.17, 15) is 22.8 Å². The summed E-state index contributed by atoms with van der Waals surface area (Å²) in [5, 5.41) is 8.44. The van der Waals surface area contributed by atoms with Gasteiger partial charge in [0.1, 0.15) is 0 Å². The van der Waals surface area contributed by atoms with Crippen LogP contribution in [0.2, 0.25) is 0 Å². The molecule has 1 rings (SSSR count). The summed E-state index contributed by atoms with van der Waals surface area (Å²) in [4.78, 5) is 22.0.